The van der Waals surface area contributed by atoms with Crippen LogP contribution in [0.25, 0.3) is 0 Å². The SMILES string of the molecule is CC(=O)Nc1cccc(NC(=O)[C@@H]2CC(=O)N(c3ccc(S(=O)(=O)N(C)C)cc3)C2)c1. The number of amides is 3. The van der Waals surface area contributed by atoms with Gasteiger partial charge in [0, 0.05) is 51.0 Å². The van der Waals surface area contributed by atoms with Crippen LogP contribution in [0.2, 0.25) is 0 Å². The zero-order valence-corrected chi connectivity index (χ0v) is 18.3. The van der Waals surface area contributed by atoms with E-state index in [2.05, 4.69) is 10.6 Å². The molecule has 2 N–H and O–H groups in total. The molecule has 3 amide bonds. The molecule has 0 radical (unpaired) electrons. The van der Waals surface area contributed by atoms with E-state index in [9.17, 15) is 22.8 Å². The fourth-order valence-corrected chi connectivity index (χ4v) is 4.17. The van der Waals surface area contributed by atoms with Crippen LogP contribution in [0.15, 0.2) is 53.4 Å². The molecule has 1 saturated heterocycles. The van der Waals surface area contributed by atoms with Crippen LogP contribution >= 0.6 is 0 Å². The van der Waals surface area contributed by atoms with Crippen LogP contribution < -0.4 is 15.5 Å². The monoisotopic (exact) mass is 444 g/mol. The van der Waals surface area contributed by atoms with Crippen molar-refractivity contribution < 1.29 is 22.8 Å². The maximum absolute atomic E-state index is 12.7. The molecule has 0 saturated carbocycles. The molecule has 1 heterocycles. The summed E-state index contributed by atoms with van der Waals surface area (Å²) in [5.74, 6) is -1.29. The summed E-state index contributed by atoms with van der Waals surface area (Å²) in [6, 6.07) is 12.8. The molecular weight excluding hydrogens is 420 g/mol. The average molecular weight is 445 g/mol. The maximum atomic E-state index is 12.7. The molecule has 9 nitrogen and oxygen atoms in total. The van der Waals surface area contributed by atoms with Gasteiger partial charge in [0.05, 0.1) is 10.8 Å². The maximum Gasteiger partial charge on any atom is 0.242 e. The Hall–Kier alpha value is -3.24. The lowest BCUT2D eigenvalue weighted by Gasteiger charge is -2.18. The average Bonchev–Trinajstić information content (AvgIpc) is 3.09. The molecule has 31 heavy (non-hydrogen) atoms. The topological polar surface area (TPSA) is 116 Å². The highest BCUT2D eigenvalue weighted by atomic mass is 32.2. The molecule has 1 aliphatic rings. The van der Waals surface area contributed by atoms with Crippen molar-refractivity contribution in [3.63, 3.8) is 0 Å². The van der Waals surface area contributed by atoms with Crippen LogP contribution in [0, 0.1) is 5.92 Å². The second-order valence-corrected chi connectivity index (χ2v) is 9.59. The van der Waals surface area contributed by atoms with Crippen molar-refractivity contribution in [2.45, 2.75) is 18.2 Å². The summed E-state index contributed by atoms with van der Waals surface area (Å²) >= 11 is 0. The van der Waals surface area contributed by atoms with Crippen molar-refractivity contribution in [3.05, 3.63) is 48.5 Å². The number of hydrogen-bond donors (Lipinski definition) is 2. The third-order valence-corrected chi connectivity index (χ3v) is 6.70. The van der Waals surface area contributed by atoms with E-state index in [0.29, 0.717) is 17.1 Å². The summed E-state index contributed by atoms with van der Waals surface area (Å²) in [6.45, 7) is 1.59. The van der Waals surface area contributed by atoms with Crippen LogP contribution in [-0.2, 0) is 24.4 Å². The molecule has 2 aromatic carbocycles. The van der Waals surface area contributed by atoms with Gasteiger partial charge in [0.1, 0.15) is 0 Å². The molecule has 164 valence electrons. The second-order valence-electron chi connectivity index (χ2n) is 7.44. The van der Waals surface area contributed by atoms with Crippen LogP contribution in [0.3, 0.4) is 0 Å². The Labute approximate surface area is 181 Å². The van der Waals surface area contributed by atoms with Gasteiger partial charge in [-0.25, -0.2) is 12.7 Å². The van der Waals surface area contributed by atoms with Crippen molar-refractivity contribution in [2.24, 2.45) is 5.92 Å². The number of carbonyl (C=O) groups excluding carboxylic acids is 3. The molecule has 0 aliphatic carbocycles. The first-order valence-corrected chi connectivity index (χ1v) is 11.0. The summed E-state index contributed by atoms with van der Waals surface area (Å²) in [5, 5.41) is 5.42. The summed E-state index contributed by atoms with van der Waals surface area (Å²) in [7, 11) is -0.668. The highest BCUT2D eigenvalue weighted by molar-refractivity contribution is 7.89. The number of nitrogens with zero attached hydrogens (tertiary/aromatic N) is 2. The van der Waals surface area contributed by atoms with Crippen LogP contribution in [0.4, 0.5) is 17.1 Å². The first-order chi connectivity index (χ1) is 14.6. The first-order valence-electron chi connectivity index (χ1n) is 9.59. The molecular formula is C21H24N4O5S. The summed E-state index contributed by atoms with van der Waals surface area (Å²) < 4.78 is 25.5. The molecule has 2 aromatic rings. The smallest absolute Gasteiger partial charge is 0.242 e. The number of rotatable bonds is 6. The Morgan fingerprint density at radius 3 is 2.23 bits per heavy atom. The fraction of sp³-hybridized carbons (Fsp3) is 0.286. The third-order valence-electron chi connectivity index (χ3n) is 4.87. The quantitative estimate of drug-likeness (QED) is 0.706. The molecule has 3 rings (SSSR count). The molecule has 0 spiro atoms. The van der Waals surface area contributed by atoms with E-state index in [1.165, 1.54) is 38.1 Å². The Bertz CT molecular complexity index is 1110. The molecule has 0 unspecified atom stereocenters. The molecule has 1 atom stereocenters. The lowest BCUT2D eigenvalue weighted by Crippen LogP contribution is -2.28. The third kappa shape index (κ3) is 5.09. The van der Waals surface area contributed by atoms with E-state index >= 15 is 0 Å². The zero-order chi connectivity index (χ0) is 22.8. The minimum Gasteiger partial charge on any atom is -0.326 e. The van der Waals surface area contributed by atoms with Gasteiger partial charge in [-0.2, -0.15) is 0 Å². The standard InChI is InChI=1S/C21H24N4O5S/c1-14(26)22-16-5-4-6-17(12-16)23-21(28)15-11-20(27)25(13-15)18-7-9-19(10-8-18)31(29,30)24(2)3/h4-10,12,15H,11,13H2,1-3H3,(H,22,26)(H,23,28)/t15-/m1/s1. The first kappa shape index (κ1) is 22.4. The van der Waals surface area contributed by atoms with Crippen molar-refractivity contribution in [2.75, 3.05) is 36.2 Å². The van der Waals surface area contributed by atoms with Gasteiger partial charge in [-0.05, 0) is 42.5 Å². The van der Waals surface area contributed by atoms with E-state index in [0.717, 1.165) is 4.31 Å². The van der Waals surface area contributed by atoms with Crippen molar-refractivity contribution in [1.29, 1.82) is 0 Å². The highest BCUT2D eigenvalue weighted by Crippen LogP contribution is 2.28. The summed E-state index contributed by atoms with van der Waals surface area (Å²) in [5.41, 5.74) is 1.60. The van der Waals surface area contributed by atoms with Gasteiger partial charge in [-0.15, -0.1) is 0 Å². The lowest BCUT2D eigenvalue weighted by atomic mass is 10.1. The molecule has 1 aliphatic heterocycles. The van der Waals surface area contributed by atoms with E-state index in [1.807, 2.05) is 0 Å². The van der Waals surface area contributed by atoms with E-state index < -0.39 is 15.9 Å². The zero-order valence-electron chi connectivity index (χ0n) is 17.5. The lowest BCUT2D eigenvalue weighted by molar-refractivity contribution is -0.122. The van der Waals surface area contributed by atoms with Gasteiger partial charge < -0.3 is 15.5 Å². The van der Waals surface area contributed by atoms with E-state index in [-0.39, 0.29) is 35.6 Å². The molecule has 0 bridgehead atoms. The summed E-state index contributed by atoms with van der Waals surface area (Å²) in [6.07, 6.45) is 0.0506. The van der Waals surface area contributed by atoms with E-state index in [1.54, 1.807) is 36.4 Å². The number of hydrogen-bond acceptors (Lipinski definition) is 5. The van der Waals surface area contributed by atoms with Gasteiger partial charge in [0.2, 0.25) is 27.7 Å². The van der Waals surface area contributed by atoms with Gasteiger partial charge in [-0.1, -0.05) is 6.07 Å². The number of benzene rings is 2. The van der Waals surface area contributed by atoms with Crippen molar-refractivity contribution in [3.8, 4) is 0 Å². The van der Waals surface area contributed by atoms with Crippen LogP contribution in [0.5, 0.6) is 0 Å². The Morgan fingerprint density at radius 1 is 1.03 bits per heavy atom. The van der Waals surface area contributed by atoms with Crippen LogP contribution in [0.1, 0.15) is 13.3 Å². The number of sulfonamides is 1. The predicted molar refractivity (Wildman–Crippen MR) is 117 cm³/mol. The largest absolute Gasteiger partial charge is 0.326 e. The normalized spacial score (nSPS) is 16.5. The van der Waals surface area contributed by atoms with Gasteiger partial charge in [0.25, 0.3) is 0 Å². The Kier molecular flexibility index (Phi) is 6.42. The minimum absolute atomic E-state index is 0.0506. The van der Waals surface area contributed by atoms with Crippen molar-refractivity contribution >= 4 is 44.8 Å². The number of carbonyl (C=O) groups is 3. The predicted octanol–water partition coefficient (Wildman–Crippen LogP) is 1.89. The fourth-order valence-electron chi connectivity index (χ4n) is 3.26. The number of nitrogens with one attached hydrogen (secondary N) is 2. The molecule has 0 aromatic heterocycles. The van der Waals surface area contributed by atoms with E-state index in [4.69, 9.17) is 0 Å². The minimum atomic E-state index is -3.56. The van der Waals surface area contributed by atoms with Crippen LogP contribution in [-0.4, -0.2) is 51.1 Å². The van der Waals surface area contributed by atoms with Gasteiger partial charge in [0.15, 0.2) is 0 Å². The summed E-state index contributed by atoms with van der Waals surface area (Å²) in [4.78, 5) is 37.9. The highest BCUT2D eigenvalue weighted by Gasteiger charge is 2.35. The second kappa shape index (κ2) is 8.86. The molecule has 10 heteroatoms. The Morgan fingerprint density at radius 2 is 1.65 bits per heavy atom. The van der Waals surface area contributed by atoms with Crippen molar-refractivity contribution in [1.82, 2.24) is 4.31 Å². The number of anilines is 3. The van der Waals surface area contributed by atoms with Gasteiger partial charge >= 0.3 is 0 Å². The van der Waals surface area contributed by atoms with Gasteiger partial charge in [-0.3, -0.25) is 14.4 Å². The molecule has 1 fully saturated rings. The Balaban J connectivity index is 1.69.